The molecule has 5 nitrogen and oxygen atoms in total. The third kappa shape index (κ3) is 5.11. The molecule has 0 bridgehead atoms. The van der Waals surface area contributed by atoms with Crippen LogP contribution in [0.2, 0.25) is 0 Å². The Kier molecular flexibility index (Phi) is 7.54. The number of nitrogens with one attached hydrogen (secondary N) is 1. The third-order valence-electron chi connectivity index (χ3n) is 2.32. The van der Waals surface area contributed by atoms with Crippen molar-refractivity contribution < 1.29 is 9.59 Å². The highest BCUT2D eigenvalue weighted by Crippen LogP contribution is 1.99. The number of amides is 2. The van der Waals surface area contributed by atoms with E-state index in [1.54, 1.807) is 0 Å². The number of nitrogens with two attached hydrogens (primary N) is 1. The summed E-state index contributed by atoms with van der Waals surface area (Å²) in [6.45, 7) is 6.85. The molecule has 0 saturated heterocycles. The molecule has 94 valence electrons. The monoisotopic (exact) mass is 229 g/mol. The average molecular weight is 229 g/mol. The molecule has 0 aliphatic carbocycles. The van der Waals surface area contributed by atoms with E-state index < -0.39 is 6.04 Å². The Hall–Kier alpha value is -1.10. The van der Waals surface area contributed by atoms with Gasteiger partial charge >= 0.3 is 0 Å². The fraction of sp³-hybridized carbons (Fsp3) is 0.818. The van der Waals surface area contributed by atoms with Gasteiger partial charge in [0.05, 0.1) is 12.6 Å². The zero-order valence-corrected chi connectivity index (χ0v) is 10.5. The van der Waals surface area contributed by atoms with Crippen molar-refractivity contribution in [2.45, 2.75) is 39.7 Å². The molecule has 16 heavy (non-hydrogen) atoms. The van der Waals surface area contributed by atoms with Crippen molar-refractivity contribution >= 4 is 11.8 Å². The lowest BCUT2D eigenvalue weighted by Gasteiger charge is -2.23. The predicted molar refractivity (Wildman–Crippen MR) is 63.8 cm³/mol. The lowest BCUT2D eigenvalue weighted by Crippen LogP contribution is -2.47. The highest BCUT2D eigenvalue weighted by atomic mass is 16.2. The van der Waals surface area contributed by atoms with Crippen LogP contribution in [-0.4, -0.2) is 42.4 Å². The Bertz CT molecular complexity index is 231. The van der Waals surface area contributed by atoms with Crippen LogP contribution in [0.1, 0.15) is 33.6 Å². The number of rotatable bonds is 7. The van der Waals surface area contributed by atoms with Gasteiger partial charge in [-0.2, -0.15) is 0 Å². The topological polar surface area (TPSA) is 75.4 Å². The molecule has 3 N–H and O–H groups in total. The van der Waals surface area contributed by atoms with Gasteiger partial charge in [0.1, 0.15) is 0 Å². The molecule has 0 aliphatic heterocycles. The second-order valence-electron chi connectivity index (χ2n) is 3.70. The molecule has 0 saturated carbocycles. The van der Waals surface area contributed by atoms with Gasteiger partial charge in [0.25, 0.3) is 0 Å². The third-order valence-corrected chi connectivity index (χ3v) is 2.32. The Morgan fingerprint density at radius 3 is 2.38 bits per heavy atom. The molecule has 5 heteroatoms. The van der Waals surface area contributed by atoms with Gasteiger partial charge in [-0.05, 0) is 20.3 Å². The van der Waals surface area contributed by atoms with Crippen molar-refractivity contribution in [2.24, 2.45) is 5.73 Å². The van der Waals surface area contributed by atoms with Gasteiger partial charge < -0.3 is 16.0 Å². The SMILES string of the molecule is CCC[C@@H](N)C(=O)N(CC)CC(=O)NCC. The van der Waals surface area contributed by atoms with Crippen LogP contribution in [0.25, 0.3) is 0 Å². The van der Waals surface area contributed by atoms with Gasteiger partial charge in [-0.15, -0.1) is 0 Å². The van der Waals surface area contributed by atoms with Gasteiger partial charge in [-0.3, -0.25) is 9.59 Å². The number of nitrogens with zero attached hydrogens (tertiary/aromatic N) is 1. The summed E-state index contributed by atoms with van der Waals surface area (Å²) in [5.41, 5.74) is 5.73. The van der Waals surface area contributed by atoms with E-state index in [0.29, 0.717) is 19.5 Å². The average Bonchev–Trinajstić information content (AvgIpc) is 2.25. The minimum Gasteiger partial charge on any atom is -0.355 e. The van der Waals surface area contributed by atoms with Crippen molar-refractivity contribution in [2.75, 3.05) is 19.6 Å². The molecule has 1 atom stereocenters. The van der Waals surface area contributed by atoms with Crippen LogP contribution in [0.5, 0.6) is 0 Å². The van der Waals surface area contributed by atoms with E-state index in [1.165, 1.54) is 4.90 Å². The van der Waals surface area contributed by atoms with Gasteiger partial charge in [0.2, 0.25) is 11.8 Å². The molecule has 0 aromatic carbocycles. The molecule has 0 fully saturated rings. The fourth-order valence-corrected chi connectivity index (χ4v) is 1.44. The summed E-state index contributed by atoms with van der Waals surface area (Å²) in [6, 6.07) is -0.487. The summed E-state index contributed by atoms with van der Waals surface area (Å²) in [4.78, 5) is 24.7. The largest absolute Gasteiger partial charge is 0.355 e. The van der Waals surface area contributed by atoms with Crippen LogP contribution < -0.4 is 11.1 Å². The first-order chi connectivity index (χ1) is 7.56. The van der Waals surface area contributed by atoms with E-state index >= 15 is 0 Å². The summed E-state index contributed by atoms with van der Waals surface area (Å²) in [5, 5.41) is 2.66. The number of hydrogen-bond acceptors (Lipinski definition) is 3. The molecule has 2 amide bonds. The second kappa shape index (κ2) is 8.10. The van der Waals surface area contributed by atoms with Crippen molar-refractivity contribution in [1.29, 1.82) is 0 Å². The summed E-state index contributed by atoms with van der Waals surface area (Å²) in [7, 11) is 0. The summed E-state index contributed by atoms with van der Waals surface area (Å²) in [6.07, 6.45) is 1.52. The highest BCUT2D eigenvalue weighted by molar-refractivity contribution is 5.87. The van der Waals surface area contributed by atoms with Crippen molar-refractivity contribution in [1.82, 2.24) is 10.2 Å². The fourth-order valence-electron chi connectivity index (χ4n) is 1.44. The summed E-state index contributed by atoms with van der Waals surface area (Å²) in [5.74, 6) is -0.281. The minimum atomic E-state index is -0.487. The van der Waals surface area contributed by atoms with Crippen LogP contribution in [-0.2, 0) is 9.59 Å². The van der Waals surface area contributed by atoms with E-state index in [9.17, 15) is 9.59 Å². The molecule has 0 spiro atoms. The normalized spacial score (nSPS) is 12.0. The molecular formula is C11H23N3O2. The van der Waals surface area contributed by atoms with Crippen molar-refractivity contribution in [3.63, 3.8) is 0 Å². The Morgan fingerprint density at radius 1 is 1.31 bits per heavy atom. The Labute approximate surface area is 97.4 Å². The van der Waals surface area contributed by atoms with E-state index in [-0.39, 0.29) is 18.4 Å². The quantitative estimate of drug-likeness (QED) is 0.650. The van der Waals surface area contributed by atoms with E-state index in [1.807, 2.05) is 20.8 Å². The van der Waals surface area contributed by atoms with Gasteiger partial charge in [-0.25, -0.2) is 0 Å². The maximum atomic E-state index is 11.8. The maximum Gasteiger partial charge on any atom is 0.239 e. The molecule has 0 unspecified atom stereocenters. The zero-order chi connectivity index (χ0) is 12.6. The second-order valence-corrected chi connectivity index (χ2v) is 3.70. The van der Waals surface area contributed by atoms with Gasteiger partial charge in [0, 0.05) is 13.1 Å². The van der Waals surface area contributed by atoms with Crippen LogP contribution in [0, 0.1) is 0 Å². The van der Waals surface area contributed by atoms with Gasteiger partial charge in [-0.1, -0.05) is 13.3 Å². The van der Waals surface area contributed by atoms with E-state index in [2.05, 4.69) is 5.32 Å². The van der Waals surface area contributed by atoms with Gasteiger partial charge in [0.15, 0.2) is 0 Å². The van der Waals surface area contributed by atoms with E-state index in [4.69, 9.17) is 5.73 Å². The van der Waals surface area contributed by atoms with Crippen LogP contribution in [0.3, 0.4) is 0 Å². The molecule has 0 heterocycles. The number of carbonyl (C=O) groups is 2. The molecule has 0 rings (SSSR count). The van der Waals surface area contributed by atoms with E-state index in [0.717, 1.165) is 6.42 Å². The first kappa shape index (κ1) is 14.9. The highest BCUT2D eigenvalue weighted by Gasteiger charge is 2.20. The lowest BCUT2D eigenvalue weighted by atomic mass is 10.1. The molecule has 0 aromatic heterocycles. The smallest absolute Gasteiger partial charge is 0.239 e. The van der Waals surface area contributed by atoms with Crippen LogP contribution in [0.4, 0.5) is 0 Å². The van der Waals surface area contributed by atoms with Crippen molar-refractivity contribution in [3.05, 3.63) is 0 Å². The zero-order valence-electron chi connectivity index (χ0n) is 10.5. The molecular weight excluding hydrogens is 206 g/mol. The van der Waals surface area contributed by atoms with Crippen LogP contribution in [0.15, 0.2) is 0 Å². The Morgan fingerprint density at radius 2 is 1.94 bits per heavy atom. The number of likely N-dealkylation sites (N-methyl/N-ethyl adjacent to an activating group) is 2. The van der Waals surface area contributed by atoms with Crippen molar-refractivity contribution in [3.8, 4) is 0 Å². The maximum absolute atomic E-state index is 11.8. The molecule has 0 aliphatic rings. The number of carbonyl (C=O) groups excluding carboxylic acids is 2. The standard InChI is InChI=1S/C11H23N3O2/c1-4-7-9(12)11(16)14(6-3)8-10(15)13-5-2/h9H,4-8,12H2,1-3H3,(H,13,15)/t9-/m1/s1. The first-order valence-corrected chi connectivity index (χ1v) is 5.87. The molecule has 0 radical (unpaired) electrons. The van der Waals surface area contributed by atoms with Crippen LogP contribution >= 0.6 is 0 Å². The predicted octanol–water partition coefficient (Wildman–Crippen LogP) is 0.0984. The molecule has 0 aromatic rings. The summed E-state index contributed by atoms with van der Waals surface area (Å²) < 4.78 is 0. The lowest BCUT2D eigenvalue weighted by molar-refractivity contribution is -0.137. The number of hydrogen-bond donors (Lipinski definition) is 2. The first-order valence-electron chi connectivity index (χ1n) is 5.87. The minimum absolute atomic E-state index is 0.0978. The summed E-state index contributed by atoms with van der Waals surface area (Å²) >= 11 is 0. The Balaban J connectivity index is 4.26.